The quantitative estimate of drug-likeness (QED) is 0.331. The Morgan fingerprint density at radius 3 is 2.53 bits per heavy atom. The number of benzene rings is 3. The van der Waals surface area contributed by atoms with Crippen molar-refractivity contribution in [2.45, 2.75) is 18.4 Å². The fourth-order valence-electron chi connectivity index (χ4n) is 3.42. The van der Waals surface area contributed by atoms with Crippen LogP contribution >= 0.6 is 11.3 Å². The summed E-state index contributed by atoms with van der Waals surface area (Å²) in [6.45, 7) is 2.64. The van der Waals surface area contributed by atoms with Gasteiger partial charge < -0.3 is 9.30 Å². The third-order valence-corrected chi connectivity index (χ3v) is 7.46. The van der Waals surface area contributed by atoms with E-state index >= 15 is 0 Å². The van der Waals surface area contributed by atoms with Crippen LogP contribution in [-0.4, -0.2) is 32.1 Å². The largest absolute Gasteiger partial charge is 0.380 e. The summed E-state index contributed by atoms with van der Waals surface area (Å²) in [5, 5.41) is 0. The van der Waals surface area contributed by atoms with E-state index in [1.54, 1.807) is 6.92 Å². The zero-order valence-corrected chi connectivity index (χ0v) is 20.5. The second-order valence-corrected chi connectivity index (χ2v) is 10.2. The molecule has 0 radical (unpaired) electrons. The number of hydrogen-bond donors (Lipinski definition) is 1. The SMILES string of the molecule is CCOCCn1c(=NC(=O)c2cccc(NS(=O)(=O)c3ccc(F)cc3)c2)sc2cc(F)cc(F)c21. The minimum absolute atomic E-state index is 0.0646. The molecule has 0 atom stereocenters. The standard InChI is InChI=1S/C24H20F3N3O4S2/c1-2-34-11-10-30-22-20(27)13-17(26)14-21(22)35-24(30)28-23(31)15-4-3-5-18(12-15)29-36(32,33)19-8-6-16(25)7-9-19/h3-9,12-14,29H,2,10-11H2,1H3. The number of ether oxygens (including phenoxy) is 1. The van der Waals surface area contributed by atoms with Crippen LogP contribution in [0, 0.1) is 17.5 Å². The summed E-state index contributed by atoms with van der Waals surface area (Å²) in [6.07, 6.45) is 0. The molecule has 1 aromatic heterocycles. The molecule has 4 rings (SSSR count). The lowest BCUT2D eigenvalue weighted by atomic mass is 10.2. The number of nitrogens with zero attached hydrogens (tertiary/aromatic N) is 2. The second kappa shape index (κ2) is 10.6. The molecule has 12 heteroatoms. The van der Waals surface area contributed by atoms with Gasteiger partial charge in [-0.05, 0) is 55.5 Å². The van der Waals surface area contributed by atoms with Gasteiger partial charge in [0.2, 0.25) is 0 Å². The van der Waals surface area contributed by atoms with E-state index in [1.165, 1.54) is 28.8 Å². The van der Waals surface area contributed by atoms with Crippen LogP contribution in [0.1, 0.15) is 17.3 Å². The summed E-state index contributed by atoms with van der Waals surface area (Å²) in [7, 11) is -4.03. The van der Waals surface area contributed by atoms with Crippen LogP contribution < -0.4 is 9.52 Å². The van der Waals surface area contributed by atoms with Crippen LogP contribution in [0.5, 0.6) is 0 Å². The Kier molecular flexibility index (Phi) is 7.57. The first-order valence-corrected chi connectivity index (χ1v) is 13.0. The van der Waals surface area contributed by atoms with Gasteiger partial charge in [0.1, 0.15) is 11.6 Å². The highest BCUT2D eigenvalue weighted by molar-refractivity contribution is 7.92. The first-order chi connectivity index (χ1) is 17.2. The van der Waals surface area contributed by atoms with E-state index in [2.05, 4.69) is 9.71 Å². The molecular formula is C24H20F3N3O4S2. The average Bonchev–Trinajstić information content (AvgIpc) is 3.16. The van der Waals surface area contributed by atoms with Gasteiger partial charge in [-0.25, -0.2) is 21.6 Å². The molecule has 188 valence electrons. The van der Waals surface area contributed by atoms with E-state index < -0.39 is 33.4 Å². The van der Waals surface area contributed by atoms with Crippen LogP contribution in [0.4, 0.5) is 18.9 Å². The Hall–Kier alpha value is -3.48. The first kappa shape index (κ1) is 25.6. The van der Waals surface area contributed by atoms with Crippen LogP contribution in [0.15, 0.2) is 70.6 Å². The third-order valence-electron chi connectivity index (χ3n) is 5.04. The predicted molar refractivity (Wildman–Crippen MR) is 130 cm³/mol. The monoisotopic (exact) mass is 535 g/mol. The number of fused-ring (bicyclic) bond motifs is 1. The van der Waals surface area contributed by atoms with Crippen molar-refractivity contribution in [1.29, 1.82) is 0 Å². The minimum atomic E-state index is -4.03. The van der Waals surface area contributed by atoms with Crippen LogP contribution in [0.3, 0.4) is 0 Å². The van der Waals surface area contributed by atoms with E-state index in [1.807, 2.05) is 0 Å². The molecule has 0 fully saturated rings. The molecule has 0 bridgehead atoms. The Balaban J connectivity index is 1.68. The summed E-state index contributed by atoms with van der Waals surface area (Å²) in [6, 6.07) is 11.8. The van der Waals surface area contributed by atoms with Gasteiger partial charge in [-0.2, -0.15) is 4.99 Å². The van der Waals surface area contributed by atoms with Gasteiger partial charge in [0.15, 0.2) is 10.6 Å². The molecule has 0 unspecified atom stereocenters. The number of aromatic nitrogens is 1. The van der Waals surface area contributed by atoms with E-state index in [9.17, 15) is 26.4 Å². The Bertz CT molecular complexity index is 1600. The number of sulfonamides is 1. The molecule has 1 amide bonds. The van der Waals surface area contributed by atoms with Crippen molar-refractivity contribution >= 4 is 43.2 Å². The lowest BCUT2D eigenvalue weighted by molar-refractivity contribution is 0.0996. The maximum absolute atomic E-state index is 14.6. The number of hydrogen-bond acceptors (Lipinski definition) is 5. The zero-order chi connectivity index (χ0) is 25.9. The van der Waals surface area contributed by atoms with Crippen molar-refractivity contribution in [3.8, 4) is 0 Å². The number of halogens is 3. The second-order valence-electron chi connectivity index (χ2n) is 7.52. The molecule has 0 aliphatic carbocycles. The minimum Gasteiger partial charge on any atom is -0.380 e. The molecule has 0 spiro atoms. The van der Waals surface area contributed by atoms with Crippen LogP contribution in [-0.2, 0) is 21.3 Å². The summed E-state index contributed by atoms with van der Waals surface area (Å²) < 4.78 is 76.0. The molecule has 1 heterocycles. The number of rotatable bonds is 8. The molecule has 0 saturated heterocycles. The lowest BCUT2D eigenvalue weighted by Crippen LogP contribution is -2.20. The predicted octanol–water partition coefficient (Wildman–Crippen LogP) is 4.70. The van der Waals surface area contributed by atoms with Gasteiger partial charge in [0.25, 0.3) is 15.9 Å². The fourth-order valence-corrected chi connectivity index (χ4v) is 5.56. The molecule has 0 aliphatic rings. The highest BCUT2D eigenvalue weighted by atomic mass is 32.2. The summed E-state index contributed by atoms with van der Waals surface area (Å²) in [5.41, 5.74) is 0.261. The summed E-state index contributed by atoms with van der Waals surface area (Å²) in [4.78, 5) is 17.0. The molecule has 0 aliphatic heterocycles. The molecule has 3 aromatic carbocycles. The number of thiazole rings is 1. The Morgan fingerprint density at radius 1 is 1.06 bits per heavy atom. The smallest absolute Gasteiger partial charge is 0.279 e. The normalized spacial score (nSPS) is 12.3. The van der Waals surface area contributed by atoms with Crippen molar-refractivity contribution in [2.24, 2.45) is 4.99 Å². The molecule has 4 aromatic rings. The van der Waals surface area contributed by atoms with Crippen molar-refractivity contribution in [3.05, 3.63) is 88.5 Å². The van der Waals surface area contributed by atoms with E-state index in [0.717, 1.165) is 47.7 Å². The average molecular weight is 536 g/mol. The van der Waals surface area contributed by atoms with Gasteiger partial charge in [0, 0.05) is 30.5 Å². The lowest BCUT2D eigenvalue weighted by Gasteiger charge is -2.09. The van der Waals surface area contributed by atoms with Crippen molar-refractivity contribution in [3.63, 3.8) is 0 Å². The molecular weight excluding hydrogens is 515 g/mol. The highest BCUT2D eigenvalue weighted by Gasteiger charge is 2.17. The number of carbonyl (C=O) groups is 1. The van der Waals surface area contributed by atoms with E-state index in [-0.39, 0.29) is 44.3 Å². The van der Waals surface area contributed by atoms with Gasteiger partial charge in [-0.15, -0.1) is 0 Å². The van der Waals surface area contributed by atoms with Crippen molar-refractivity contribution < 1.29 is 31.1 Å². The van der Waals surface area contributed by atoms with Gasteiger partial charge in [0.05, 0.1) is 21.7 Å². The highest BCUT2D eigenvalue weighted by Crippen LogP contribution is 2.23. The third kappa shape index (κ3) is 5.66. The molecule has 7 nitrogen and oxygen atoms in total. The maximum atomic E-state index is 14.6. The number of nitrogens with one attached hydrogen (secondary N) is 1. The van der Waals surface area contributed by atoms with Crippen molar-refractivity contribution in [1.82, 2.24) is 4.57 Å². The summed E-state index contributed by atoms with van der Waals surface area (Å²) >= 11 is 0.944. The van der Waals surface area contributed by atoms with Crippen LogP contribution in [0.2, 0.25) is 0 Å². The number of anilines is 1. The number of carbonyl (C=O) groups excluding carboxylic acids is 1. The van der Waals surface area contributed by atoms with Crippen LogP contribution in [0.25, 0.3) is 10.2 Å². The number of amides is 1. The molecule has 1 N–H and O–H groups in total. The van der Waals surface area contributed by atoms with Crippen molar-refractivity contribution in [2.75, 3.05) is 17.9 Å². The fraction of sp³-hybridized carbons (Fsp3) is 0.167. The molecule has 36 heavy (non-hydrogen) atoms. The van der Waals surface area contributed by atoms with E-state index in [0.29, 0.717) is 6.61 Å². The zero-order valence-electron chi connectivity index (χ0n) is 18.9. The maximum Gasteiger partial charge on any atom is 0.279 e. The van der Waals surface area contributed by atoms with Gasteiger partial charge >= 0.3 is 0 Å². The topological polar surface area (TPSA) is 89.8 Å². The van der Waals surface area contributed by atoms with E-state index in [4.69, 9.17) is 4.74 Å². The van der Waals surface area contributed by atoms with Gasteiger partial charge in [-0.1, -0.05) is 17.4 Å². The van der Waals surface area contributed by atoms with Gasteiger partial charge in [-0.3, -0.25) is 9.52 Å². The first-order valence-electron chi connectivity index (χ1n) is 10.7. The Labute approximate surface area is 208 Å². The molecule has 0 saturated carbocycles. The summed E-state index contributed by atoms with van der Waals surface area (Å²) in [5.74, 6) is -2.83. The Morgan fingerprint density at radius 2 is 1.81 bits per heavy atom.